The van der Waals surface area contributed by atoms with Gasteiger partial charge in [-0.1, -0.05) is 13.3 Å². The lowest BCUT2D eigenvalue weighted by Crippen LogP contribution is -2.44. The number of hydrogen-bond donors (Lipinski definition) is 1. The molecule has 16 heavy (non-hydrogen) atoms. The van der Waals surface area contributed by atoms with Crippen molar-refractivity contribution in [3.63, 3.8) is 0 Å². The third-order valence-electron chi connectivity index (χ3n) is 5.32. The van der Waals surface area contributed by atoms with E-state index in [2.05, 4.69) is 11.8 Å². The van der Waals surface area contributed by atoms with Crippen molar-refractivity contribution in [1.29, 1.82) is 0 Å². The van der Waals surface area contributed by atoms with Gasteiger partial charge in [-0.3, -0.25) is 0 Å². The molecule has 3 aliphatic rings. The number of nitrogens with zero attached hydrogens (tertiary/aromatic N) is 1. The molecule has 2 bridgehead atoms. The van der Waals surface area contributed by atoms with Crippen molar-refractivity contribution in [3.05, 3.63) is 0 Å². The highest BCUT2D eigenvalue weighted by molar-refractivity contribution is 4.92. The topological polar surface area (TPSA) is 23.5 Å². The van der Waals surface area contributed by atoms with Crippen LogP contribution in [-0.2, 0) is 0 Å². The maximum absolute atomic E-state index is 9.73. The maximum atomic E-state index is 9.73. The molecule has 0 spiro atoms. The van der Waals surface area contributed by atoms with Crippen molar-refractivity contribution < 1.29 is 5.11 Å². The average Bonchev–Trinajstić information content (AvgIpc) is 2.85. The Labute approximate surface area is 99.0 Å². The Bertz CT molecular complexity index is 255. The summed E-state index contributed by atoms with van der Waals surface area (Å²) in [4.78, 5) is 2.61. The molecule has 2 heteroatoms. The molecule has 1 N–H and O–H groups in total. The van der Waals surface area contributed by atoms with Gasteiger partial charge < -0.3 is 10.0 Å². The second-order valence-electron chi connectivity index (χ2n) is 6.53. The van der Waals surface area contributed by atoms with Crippen molar-refractivity contribution in [2.45, 2.75) is 45.1 Å². The van der Waals surface area contributed by atoms with E-state index in [1.807, 2.05) is 0 Å². The number of hydrogen-bond acceptors (Lipinski definition) is 2. The fourth-order valence-electron chi connectivity index (χ4n) is 4.32. The molecule has 3 rings (SSSR count). The molecule has 0 aromatic heterocycles. The lowest BCUT2D eigenvalue weighted by molar-refractivity contribution is 0.0254. The highest BCUT2D eigenvalue weighted by atomic mass is 16.3. The van der Waals surface area contributed by atoms with Crippen LogP contribution in [0.4, 0.5) is 0 Å². The van der Waals surface area contributed by atoms with E-state index >= 15 is 0 Å². The van der Waals surface area contributed by atoms with Gasteiger partial charge in [0.15, 0.2) is 0 Å². The summed E-state index contributed by atoms with van der Waals surface area (Å²) in [7, 11) is 0. The fourth-order valence-corrected chi connectivity index (χ4v) is 4.32. The minimum Gasteiger partial charge on any atom is -0.393 e. The first-order valence-electron chi connectivity index (χ1n) is 7.13. The highest BCUT2D eigenvalue weighted by Gasteiger charge is 2.40. The number of aliphatic hydroxyl groups is 1. The van der Waals surface area contributed by atoms with Crippen LogP contribution in [0, 0.1) is 23.7 Å². The highest BCUT2D eigenvalue weighted by Crippen LogP contribution is 2.48. The SMILES string of the molecule is CC1CN(CC2CC3CCC2C3)CCC1O. The molecule has 2 saturated carbocycles. The van der Waals surface area contributed by atoms with Gasteiger partial charge in [0.1, 0.15) is 0 Å². The van der Waals surface area contributed by atoms with E-state index in [-0.39, 0.29) is 6.10 Å². The fraction of sp³-hybridized carbons (Fsp3) is 1.00. The molecule has 1 aliphatic heterocycles. The molecule has 5 unspecified atom stereocenters. The predicted molar refractivity (Wildman–Crippen MR) is 65.2 cm³/mol. The van der Waals surface area contributed by atoms with Gasteiger partial charge in [0, 0.05) is 19.6 Å². The van der Waals surface area contributed by atoms with E-state index in [4.69, 9.17) is 0 Å². The third-order valence-corrected chi connectivity index (χ3v) is 5.32. The summed E-state index contributed by atoms with van der Waals surface area (Å²) in [6, 6.07) is 0. The van der Waals surface area contributed by atoms with Crippen LogP contribution in [0.1, 0.15) is 39.0 Å². The van der Waals surface area contributed by atoms with Crippen molar-refractivity contribution in [3.8, 4) is 0 Å². The van der Waals surface area contributed by atoms with E-state index in [1.54, 1.807) is 0 Å². The van der Waals surface area contributed by atoms with Crippen molar-refractivity contribution in [1.82, 2.24) is 4.90 Å². The lowest BCUT2D eigenvalue weighted by atomic mass is 9.87. The van der Waals surface area contributed by atoms with Crippen molar-refractivity contribution in [2.24, 2.45) is 23.7 Å². The zero-order valence-corrected chi connectivity index (χ0v) is 10.4. The van der Waals surface area contributed by atoms with Crippen LogP contribution >= 0.6 is 0 Å². The second kappa shape index (κ2) is 4.30. The zero-order chi connectivity index (χ0) is 11.1. The third kappa shape index (κ3) is 2.02. The molecule has 92 valence electrons. The van der Waals surface area contributed by atoms with E-state index in [1.165, 1.54) is 32.2 Å². The zero-order valence-electron chi connectivity index (χ0n) is 10.4. The maximum Gasteiger partial charge on any atom is 0.0590 e. The largest absolute Gasteiger partial charge is 0.393 e. The Morgan fingerprint density at radius 2 is 2.06 bits per heavy atom. The first kappa shape index (κ1) is 11.0. The second-order valence-corrected chi connectivity index (χ2v) is 6.53. The van der Waals surface area contributed by atoms with Gasteiger partial charge in [0.05, 0.1) is 6.10 Å². The molecule has 2 nitrogen and oxygen atoms in total. The number of aliphatic hydroxyl groups excluding tert-OH is 1. The van der Waals surface area contributed by atoms with Gasteiger partial charge in [0.25, 0.3) is 0 Å². The summed E-state index contributed by atoms with van der Waals surface area (Å²) in [5.41, 5.74) is 0. The molecule has 1 saturated heterocycles. The molecule has 3 fully saturated rings. The Morgan fingerprint density at radius 3 is 2.69 bits per heavy atom. The quantitative estimate of drug-likeness (QED) is 0.775. The first-order chi connectivity index (χ1) is 7.72. The summed E-state index contributed by atoms with van der Waals surface area (Å²) in [5, 5.41) is 9.73. The van der Waals surface area contributed by atoms with Crippen molar-refractivity contribution >= 4 is 0 Å². The first-order valence-corrected chi connectivity index (χ1v) is 7.13. The number of likely N-dealkylation sites (tertiary alicyclic amines) is 1. The molecule has 0 radical (unpaired) electrons. The van der Waals surface area contributed by atoms with Crippen LogP contribution in [0.2, 0.25) is 0 Å². The number of piperidine rings is 1. The van der Waals surface area contributed by atoms with E-state index in [9.17, 15) is 5.11 Å². The van der Waals surface area contributed by atoms with Crippen LogP contribution < -0.4 is 0 Å². The van der Waals surface area contributed by atoms with Crippen molar-refractivity contribution in [2.75, 3.05) is 19.6 Å². The summed E-state index contributed by atoms with van der Waals surface area (Å²) < 4.78 is 0. The smallest absolute Gasteiger partial charge is 0.0590 e. The molecule has 5 atom stereocenters. The Kier molecular flexibility index (Phi) is 2.97. The lowest BCUT2D eigenvalue weighted by Gasteiger charge is -2.37. The van der Waals surface area contributed by atoms with Gasteiger partial charge in [-0.25, -0.2) is 0 Å². The standard InChI is InChI=1S/C14H25NO/c1-10-8-15(5-4-14(10)16)9-13-7-11-2-3-12(13)6-11/h10-14,16H,2-9H2,1H3. The predicted octanol–water partition coefficient (Wildman–Crippen LogP) is 2.13. The van der Waals surface area contributed by atoms with Gasteiger partial charge in [-0.05, 0) is 49.4 Å². The molecular weight excluding hydrogens is 198 g/mol. The van der Waals surface area contributed by atoms with Gasteiger partial charge >= 0.3 is 0 Å². The minimum atomic E-state index is -0.0451. The Hall–Kier alpha value is -0.0800. The normalized spacial score (nSPS) is 48.8. The molecule has 1 heterocycles. The van der Waals surface area contributed by atoms with Crippen LogP contribution in [0.15, 0.2) is 0 Å². The van der Waals surface area contributed by atoms with Crippen LogP contribution in [0.25, 0.3) is 0 Å². The number of fused-ring (bicyclic) bond motifs is 2. The molecule has 0 amide bonds. The number of rotatable bonds is 2. The van der Waals surface area contributed by atoms with E-state index < -0.39 is 0 Å². The summed E-state index contributed by atoms with van der Waals surface area (Å²) in [6.45, 7) is 5.75. The summed E-state index contributed by atoms with van der Waals surface area (Å²) in [5.74, 6) is 3.59. The van der Waals surface area contributed by atoms with Crippen LogP contribution in [-0.4, -0.2) is 35.7 Å². The Morgan fingerprint density at radius 1 is 1.19 bits per heavy atom. The molecular formula is C14H25NO. The van der Waals surface area contributed by atoms with E-state index in [0.717, 1.165) is 37.3 Å². The Balaban J connectivity index is 1.52. The van der Waals surface area contributed by atoms with Gasteiger partial charge in [0.2, 0.25) is 0 Å². The molecule has 0 aromatic carbocycles. The monoisotopic (exact) mass is 223 g/mol. The van der Waals surface area contributed by atoms with Crippen LogP contribution in [0.5, 0.6) is 0 Å². The minimum absolute atomic E-state index is 0.0451. The molecule has 0 aromatic rings. The van der Waals surface area contributed by atoms with Gasteiger partial charge in [-0.2, -0.15) is 0 Å². The summed E-state index contributed by atoms with van der Waals surface area (Å²) in [6.07, 6.45) is 6.98. The van der Waals surface area contributed by atoms with Gasteiger partial charge in [-0.15, -0.1) is 0 Å². The van der Waals surface area contributed by atoms with E-state index in [0.29, 0.717) is 5.92 Å². The van der Waals surface area contributed by atoms with Crippen LogP contribution in [0.3, 0.4) is 0 Å². The average molecular weight is 223 g/mol. The summed E-state index contributed by atoms with van der Waals surface area (Å²) >= 11 is 0. The molecule has 2 aliphatic carbocycles.